The highest BCUT2D eigenvalue weighted by Gasteiger charge is 2.25. The Bertz CT molecular complexity index is 1470. The monoisotopic (exact) mass is 533 g/mol. The fourth-order valence-corrected chi connectivity index (χ4v) is 5.22. The van der Waals surface area contributed by atoms with Crippen LogP contribution in [0.2, 0.25) is 0 Å². The molecule has 7 heteroatoms. The van der Waals surface area contributed by atoms with E-state index in [0.29, 0.717) is 18.8 Å². The minimum absolute atomic E-state index is 0.253. The fourth-order valence-electron chi connectivity index (χ4n) is 4.30. The number of carbonyl (C=O) groups excluding carboxylic acids is 1. The van der Waals surface area contributed by atoms with Crippen LogP contribution in [-0.2, 0) is 18.7 Å². The van der Waals surface area contributed by atoms with Crippen molar-refractivity contribution in [3.05, 3.63) is 143 Å². The molecule has 0 fully saturated rings. The van der Waals surface area contributed by atoms with Crippen LogP contribution in [0.1, 0.15) is 34.1 Å². The molecule has 0 bridgehead atoms. The molecule has 4 aromatic carbocycles. The van der Waals surface area contributed by atoms with Gasteiger partial charge < -0.3 is 10.6 Å². The Morgan fingerprint density at radius 1 is 0.769 bits per heavy atom. The van der Waals surface area contributed by atoms with E-state index in [9.17, 15) is 4.79 Å². The van der Waals surface area contributed by atoms with Crippen LogP contribution in [0.3, 0.4) is 0 Å². The van der Waals surface area contributed by atoms with E-state index >= 15 is 0 Å². The number of thioether (sulfide) groups is 1. The van der Waals surface area contributed by atoms with Crippen molar-refractivity contribution in [2.24, 2.45) is 0 Å². The highest BCUT2D eigenvalue weighted by molar-refractivity contribution is 7.98. The highest BCUT2D eigenvalue weighted by atomic mass is 32.2. The van der Waals surface area contributed by atoms with Gasteiger partial charge in [0.1, 0.15) is 0 Å². The normalized spacial score (nSPS) is 11.6. The molecule has 5 aromatic rings. The van der Waals surface area contributed by atoms with Crippen LogP contribution < -0.4 is 10.6 Å². The molecule has 1 unspecified atom stereocenters. The number of urea groups is 1. The van der Waals surface area contributed by atoms with Crippen molar-refractivity contribution in [1.29, 1.82) is 0 Å². The summed E-state index contributed by atoms with van der Waals surface area (Å²) in [4.78, 5) is 13.1. The summed E-state index contributed by atoms with van der Waals surface area (Å²) < 4.78 is 2.07. The van der Waals surface area contributed by atoms with Crippen molar-refractivity contribution in [2.45, 2.75) is 36.8 Å². The second-order valence-corrected chi connectivity index (χ2v) is 10.3. The van der Waals surface area contributed by atoms with Crippen LogP contribution >= 0.6 is 11.8 Å². The van der Waals surface area contributed by atoms with Gasteiger partial charge in [0.05, 0.1) is 6.04 Å². The summed E-state index contributed by atoms with van der Waals surface area (Å²) in [5, 5.41) is 16.2. The van der Waals surface area contributed by atoms with E-state index < -0.39 is 6.04 Å². The van der Waals surface area contributed by atoms with E-state index in [1.54, 1.807) is 11.8 Å². The number of aryl methyl sites for hydroxylation is 1. The molecule has 2 amide bonds. The topological polar surface area (TPSA) is 71.8 Å². The second kappa shape index (κ2) is 12.9. The molecular weight excluding hydrogens is 502 g/mol. The first-order valence-electron chi connectivity index (χ1n) is 13.0. The maximum Gasteiger partial charge on any atom is 0.315 e. The van der Waals surface area contributed by atoms with Crippen LogP contribution in [0, 0.1) is 6.92 Å². The zero-order chi connectivity index (χ0) is 26.9. The van der Waals surface area contributed by atoms with Gasteiger partial charge in [-0.3, -0.25) is 4.57 Å². The summed E-state index contributed by atoms with van der Waals surface area (Å²) in [7, 11) is 0. The molecule has 0 aliphatic rings. The van der Waals surface area contributed by atoms with Gasteiger partial charge in [0.15, 0.2) is 11.0 Å². The summed E-state index contributed by atoms with van der Waals surface area (Å²) in [6, 6.07) is 38.0. The van der Waals surface area contributed by atoms with Crippen molar-refractivity contribution < 1.29 is 4.79 Å². The zero-order valence-corrected chi connectivity index (χ0v) is 22.6. The van der Waals surface area contributed by atoms with Gasteiger partial charge >= 0.3 is 6.03 Å². The molecule has 0 aliphatic heterocycles. The van der Waals surface area contributed by atoms with Gasteiger partial charge in [0.25, 0.3) is 0 Å². The number of amides is 2. The van der Waals surface area contributed by atoms with Crippen LogP contribution in [0.25, 0.3) is 5.69 Å². The van der Waals surface area contributed by atoms with Gasteiger partial charge in [-0.1, -0.05) is 120 Å². The largest absolute Gasteiger partial charge is 0.334 e. The third kappa shape index (κ3) is 7.15. The summed E-state index contributed by atoms with van der Waals surface area (Å²) >= 11 is 1.63. The lowest BCUT2D eigenvalue weighted by atomic mass is 10.1. The fraction of sp³-hybridized carbons (Fsp3) is 0.156. The molecule has 39 heavy (non-hydrogen) atoms. The average Bonchev–Trinajstić information content (AvgIpc) is 3.40. The van der Waals surface area contributed by atoms with Gasteiger partial charge in [0.2, 0.25) is 0 Å². The summed E-state index contributed by atoms with van der Waals surface area (Å²) in [5.74, 6) is 1.45. The molecule has 0 spiro atoms. The SMILES string of the molecule is Cc1ccc(-n2c(SCc3ccccc3)nnc2C(Cc2ccccc2)NC(=O)NCc2ccccc2)cc1. The van der Waals surface area contributed by atoms with Gasteiger partial charge in [-0.25, -0.2) is 4.79 Å². The Kier molecular flexibility index (Phi) is 8.71. The summed E-state index contributed by atoms with van der Waals surface area (Å²) in [5.41, 5.74) is 5.48. The Labute approximate surface area is 233 Å². The number of carbonyl (C=O) groups is 1. The van der Waals surface area contributed by atoms with E-state index in [-0.39, 0.29) is 6.03 Å². The molecule has 1 atom stereocenters. The van der Waals surface area contributed by atoms with Gasteiger partial charge in [0, 0.05) is 24.4 Å². The standard InChI is InChI=1S/C32H31N5OS/c1-24-17-19-28(20-18-24)37-30(35-36-32(37)39-23-27-15-9-4-10-16-27)29(21-25-11-5-2-6-12-25)34-31(38)33-22-26-13-7-3-8-14-26/h2-20,29H,21-23H2,1H3,(H2,33,34,38). The van der Waals surface area contributed by atoms with Crippen molar-refractivity contribution >= 4 is 17.8 Å². The number of rotatable bonds is 10. The number of aromatic nitrogens is 3. The van der Waals surface area contributed by atoms with Crippen molar-refractivity contribution in [2.75, 3.05) is 0 Å². The Morgan fingerprint density at radius 3 is 2.00 bits per heavy atom. The molecule has 0 saturated carbocycles. The van der Waals surface area contributed by atoms with Crippen LogP contribution in [0.15, 0.2) is 120 Å². The number of hydrogen-bond donors (Lipinski definition) is 2. The first-order valence-corrected chi connectivity index (χ1v) is 14.0. The molecule has 2 N–H and O–H groups in total. The van der Waals surface area contributed by atoms with E-state index in [1.165, 1.54) is 11.1 Å². The molecule has 6 nitrogen and oxygen atoms in total. The Balaban J connectivity index is 1.45. The second-order valence-electron chi connectivity index (χ2n) is 9.34. The summed E-state index contributed by atoms with van der Waals surface area (Å²) in [6.07, 6.45) is 0.576. The third-order valence-corrected chi connectivity index (χ3v) is 7.36. The lowest BCUT2D eigenvalue weighted by Gasteiger charge is -2.21. The first kappa shape index (κ1) is 26.3. The minimum atomic E-state index is -0.400. The third-order valence-electron chi connectivity index (χ3n) is 6.36. The smallest absolute Gasteiger partial charge is 0.315 e. The van der Waals surface area contributed by atoms with Gasteiger partial charge in [-0.2, -0.15) is 0 Å². The van der Waals surface area contributed by atoms with Gasteiger partial charge in [-0.15, -0.1) is 10.2 Å². The molecule has 0 saturated heterocycles. The average molecular weight is 534 g/mol. The van der Waals surface area contributed by atoms with Gasteiger partial charge in [-0.05, 0) is 35.7 Å². The predicted molar refractivity (Wildman–Crippen MR) is 157 cm³/mol. The Morgan fingerprint density at radius 2 is 1.36 bits per heavy atom. The molecule has 0 radical (unpaired) electrons. The van der Waals surface area contributed by atoms with Crippen molar-refractivity contribution in [3.8, 4) is 5.69 Å². The predicted octanol–water partition coefficient (Wildman–Crippen LogP) is 6.65. The highest BCUT2D eigenvalue weighted by Crippen LogP contribution is 2.29. The first-order chi connectivity index (χ1) is 19.2. The number of nitrogens with zero attached hydrogens (tertiary/aromatic N) is 3. The van der Waals surface area contributed by atoms with Crippen molar-refractivity contribution in [1.82, 2.24) is 25.4 Å². The van der Waals surface area contributed by atoms with Crippen LogP contribution in [-0.4, -0.2) is 20.8 Å². The van der Waals surface area contributed by atoms with E-state index in [4.69, 9.17) is 0 Å². The summed E-state index contributed by atoms with van der Waals surface area (Å²) in [6.45, 7) is 2.51. The van der Waals surface area contributed by atoms with Crippen LogP contribution in [0.5, 0.6) is 0 Å². The number of hydrogen-bond acceptors (Lipinski definition) is 4. The molecule has 1 aromatic heterocycles. The molecule has 1 heterocycles. The van der Waals surface area contributed by atoms with E-state index in [1.807, 2.05) is 66.7 Å². The molecule has 196 valence electrons. The van der Waals surface area contributed by atoms with E-state index in [2.05, 4.69) is 80.9 Å². The molecular formula is C32H31N5OS. The maximum atomic E-state index is 13.1. The lowest BCUT2D eigenvalue weighted by Crippen LogP contribution is -2.39. The maximum absolute atomic E-state index is 13.1. The molecule has 5 rings (SSSR count). The quantitative estimate of drug-likeness (QED) is 0.197. The molecule has 0 aliphatic carbocycles. The zero-order valence-electron chi connectivity index (χ0n) is 21.8. The lowest BCUT2D eigenvalue weighted by molar-refractivity contribution is 0.236. The minimum Gasteiger partial charge on any atom is -0.334 e. The van der Waals surface area contributed by atoms with Crippen LogP contribution in [0.4, 0.5) is 4.79 Å². The van der Waals surface area contributed by atoms with Crippen molar-refractivity contribution in [3.63, 3.8) is 0 Å². The van der Waals surface area contributed by atoms with E-state index in [0.717, 1.165) is 27.7 Å². The number of benzene rings is 4. The number of nitrogens with one attached hydrogen (secondary N) is 2. The Hall–Kier alpha value is -4.36.